The second-order valence-electron chi connectivity index (χ2n) is 4.52. The van der Waals surface area contributed by atoms with E-state index in [0.717, 1.165) is 18.2 Å². The molecule has 0 saturated heterocycles. The molecule has 15 heavy (non-hydrogen) atoms. The molecule has 1 aliphatic carbocycles. The van der Waals surface area contributed by atoms with Gasteiger partial charge in [-0.2, -0.15) is 0 Å². The van der Waals surface area contributed by atoms with Crippen LogP contribution in [0.4, 0.5) is 0 Å². The van der Waals surface area contributed by atoms with Crippen LogP contribution in [0.15, 0.2) is 10.2 Å². The van der Waals surface area contributed by atoms with Crippen LogP contribution in [0.2, 0.25) is 0 Å². The Bertz CT molecular complexity index is 357. The molecule has 3 nitrogen and oxygen atoms in total. The zero-order chi connectivity index (χ0) is 10.7. The zero-order valence-corrected chi connectivity index (χ0v) is 9.90. The Morgan fingerprint density at radius 2 is 2.47 bits per heavy atom. The highest BCUT2D eigenvalue weighted by atomic mass is 32.1. The third kappa shape index (κ3) is 3.18. The van der Waals surface area contributed by atoms with E-state index in [1.807, 2.05) is 5.38 Å². The average molecular weight is 226 g/mol. The lowest BCUT2D eigenvalue weighted by molar-refractivity contribution is 0.300. The second-order valence-corrected chi connectivity index (χ2v) is 5.37. The molecule has 0 radical (unpaired) electrons. The summed E-state index contributed by atoms with van der Waals surface area (Å²) in [6.45, 7) is 3.12. The third-order valence-electron chi connectivity index (χ3n) is 3.09. The maximum absolute atomic E-state index is 10.9. The highest BCUT2D eigenvalue weighted by Crippen LogP contribution is 2.23. The van der Waals surface area contributed by atoms with Crippen LogP contribution < -0.4 is 10.2 Å². The highest BCUT2D eigenvalue weighted by molar-refractivity contribution is 7.07. The maximum atomic E-state index is 10.9. The number of nitrogens with one attached hydrogen (secondary N) is 2. The van der Waals surface area contributed by atoms with Crippen molar-refractivity contribution in [2.75, 3.05) is 0 Å². The quantitative estimate of drug-likeness (QED) is 0.829. The van der Waals surface area contributed by atoms with E-state index in [9.17, 15) is 4.79 Å². The fraction of sp³-hybridized carbons (Fsp3) is 0.727. The van der Waals surface area contributed by atoms with Crippen molar-refractivity contribution in [3.63, 3.8) is 0 Å². The van der Waals surface area contributed by atoms with Crippen molar-refractivity contribution in [2.45, 2.75) is 45.2 Å². The molecular formula is C11H18N2OS. The number of hydrogen-bond donors (Lipinski definition) is 2. The van der Waals surface area contributed by atoms with Gasteiger partial charge in [-0.1, -0.05) is 31.1 Å². The van der Waals surface area contributed by atoms with Crippen LogP contribution in [0.3, 0.4) is 0 Å². The number of thiazole rings is 1. The fourth-order valence-electron chi connectivity index (χ4n) is 2.27. The predicted octanol–water partition coefficient (Wildman–Crippen LogP) is 2.10. The van der Waals surface area contributed by atoms with E-state index < -0.39 is 0 Å². The van der Waals surface area contributed by atoms with E-state index >= 15 is 0 Å². The van der Waals surface area contributed by atoms with E-state index in [0.29, 0.717) is 6.04 Å². The Kier molecular flexibility index (Phi) is 3.59. The summed E-state index contributed by atoms with van der Waals surface area (Å²) in [6.07, 6.45) is 5.25. The van der Waals surface area contributed by atoms with Gasteiger partial charge in [-0.3, -0.25) is 4.79 Å². The van der Waals surface area contributed by atoms with Crippen molar-refractivity contribution in [2.24, 2.45) is 5.92 Å². The summed E-state index contributed by atoms with van der Waals surface area (Å²) in [5.74, 6) is 0.845. The molecule has 2 atom stereocenters. The Morgan fingerprint density at radius 1 is 1.60 bits per heavy atom. The fourth-order valence-corrected chi connectivity index (χ4v) is 2.86. The zero-order valence-electron chi connectivity index (χ0n) is 9.08. The molecule has 2 unspecified atom stereocenters. The summed E-state index contributed by atoms with van der Waals surface area (Å²) >= 11 is 1.24. The summed E-state index contributed by atoms with van der Waals surface area (Å²) in [5, 5.41) is 5.42. The molecule has 0 aromatic carbocycles. The largest absolute Gasteiger partial charge is 0.315 e. The molecule has 84 valence electrons. The minimum Gasteiger partial charge on any atom is -0.315 e. The lowest BCUT2D eigenvalue weighted by Gasteiger charge is -2.27. The van der Waals surface area contributed by atoms with Crippen LogP contribution in [0.25, 0.3) is 0 Å². The minimum absolute atomic E-state index is 0.0452. The monoisotopic (exact) mass is 226 g/mol. The lowest BCUT2D eigenvalue weighted by Crippen LogP contribution is -2.33. The van der Waals surface area contributed by atoms with Gasteiger partial charge >= 0.3 is 4.87 Å². The first-order valence-corrected chi connectivity index (χ1v) is 6.52. The van der Waals surface area contributed by atoms with Crippen LogP contribution in [0.5, 0.6) is 0 Å². The number of H-pyrrole nitrogens is 1. The normalized spacial score (nSPS) is 26.7. The van der Waals surface area contributed by atoms with Crippen molar-refractivity contribution in [1.29, 1.82) is 0 Å². The number of hydrogen-bond acceptors (Lipinski definition) is 3. The SMILES string of the molecule is CC1CCCC(NCc2csc(=O)[nH]2)C1. The van der Waals surface area contributed by atoms with Gasteiger partial charge in [0.25, 0.3) is 0 Å². The molecule has 2 rings (SSSR count). The van der Waals surface area contributed by atoms with Gasteiger partial charge in [-0.05, 0) is 18.8 Å². The molecular weight excluding hydrogens is 208 g/mol. The average Bonchev–Trinajstić information content (AvgIpc) is 2.62. The van der Waals surface area contributed by atoms with Crippen molar-refractivity contribution in [1.82, 2.24) is 10.3 Å². The lowest BCUT2D eigenvalue weighted by atomic mass is 9.87. The predicted molar refractivity (Wildman–Crippen MR) is 63.2 cm³/mol. The summed E-state index contributed by atoms with van der Waals surface area (Å²) in [5.41, 5.74) is 1.02. The molecule has 1 fully saturated rings. The van der Waals surface area contributed by atoms with Gasteiger partial charge in [0.15, 0.2) is 0 Å². The van der Waals surface area contributed by atoms with Crippen molar-refractivity contribution in [3.8, 4) is 0 Å². The minimum atomic E-state index is 0.0452. The molecule has 0 bridgehead atoms. The van der Waals surface area contributed by atoms with Gasteiger partial charge in [0.05, 0.1) is 0 Å². The molecule has 0 amide bonds. The van der Waals surface area contributed by atoms with Crippen LogP contribution >= 0.6 is 11.3 Å². The Labute approximate surface area is 93.9 Å². The standard InChI is InChI=1S/C11H18N2OS/c1-8-3-2-4-9(5-8)12-6-10-7-15-11(14)13-10/h7-9,12H,2-6H2,1H3,(H,13,14). The number of rotatable bonds is 3. The van der Waals surface area contributed by atoms with E-state index in [-0.39, 0.29) is 4.87 Å². The van der Waals surface area contributed by atoms with E-state index in [1.54, 1.807) is 0 Å². The Hall–Kier alpha value is -0.610. The molecule has 0 spiro atoms. The maximum Gasteiger partial charge on any atom is 0.304 e. The van der Waals surface area contributed by atoms with Gasteiger partial charge in [0, 0.05) is 23.7 Å². The first-order chi connectivity index (χ1) is 7.24. The van der Waals surface area contributed by atoms with E-state index in [1.165, 1.54) is 37.0 Å². The molecule has 1 heterocycles. The van der Waals surface area contributed by atoms with Crippen molar-refractivity contribution in [3.05, 3.63) is 20.7 Å². The molecule has 0 aliphatic heterocycles. The summed E-state index contributed by atoms with van der Waals surface area (Å²) in [4.78, 5) is 13.8. The molecule has 4 heteroatoms. The van der Waals surface area contributed by atoms with Crippen LogP contribution in [0.1, 0.15) is 38.3 Å². The summed E-state index contributed by atoms with van der Waals surface area (Å²) < 4.78 is 0. The molecule has 2 N–H and O–H groups in total. The first-order valence-electron chi connectivity index (χ1n) is 5.64. The van der Waals surface area contributed by atoms with Crippen LogP contribution in [-0.4, -0.2) is 11.0 Å². The molecule has 1 aliphatic rings. The number of aromatic amines is 1. The summed E-state index contributed by atoms with van der Waals surface area (Å²) in [7, 11) is 0. The van der Waals surface area contributed by atoms with Crippen molar-refractivity contribution < 1.29 is 0 Å². The smallest absolute Gasteiger partial charge is 0.304 e. The van der Waals surface area contributed by atoms with E-state index in [4.69, 9.17) is 0 Å². The summed E-state index contributed by atoms with van der Waals surface area (Å²) in [6, 6.07) is 0.636. The van der Waals surface area contributed by atoms with Gasteiger partial charge in [0.2, 0.25) is 0 Å². The molecule has 1 aromatic rings. The van der Waals surface area contributed by atoms with Gasteiger partial charge < -0.3 is 10.3 Å². The van der Waals surface area contributed by atoms with Crippen molar-refractivity contribution >= 4 is 11.3 Å². The topological polar surface area (TPSA) is 44.9 Å². The highest BCUT2D eigenvalue weighted by Gasteiger charge is 2.18. The molecule has 1 aromatic heterocycles. The van der Waals surface area contributed by atoms with E-state index in [2.05, 4.69) is 17.2 Å². The number of aromatic nitrogens is 1. The van der Waals surface area contributed by atoms with Gasteiger partial charge in [-0.25, -0.2) is 0 Å². The second kappa shape index (κ2) is 4.94. The Balaban J connectivity index is 1.80. The molecule has 1 saturated carbocycles. The van der Waals surface area contributed by atoms with Gasteiger partial charge in [-0.15, -0.1) is 0 Å². The third-order valence-corrected chi connectivity index (χ3v) is 3.81. The van der Waals surface area contributed by atoms with Crippen LogP contribution in [-0.2, 0) is 6.54 Å². The van der Waals surface area contributed by atoms with Gasteiger partial charge in [0.1, 0.15) is 0 Å². The Morgan fingerprint density at radius 3 is 3.13 bits per heavy atom. The van der Waals surface area contributed by atoms with Crippen LogP contribution in [0, 0.1) is 5.92 Å². The first kappa shape index (κ1) is 10.9.